The third kappa shape index (κ3) is 2.87. The number of carbonyl (C=O) groups is 1. The van der Waals surface area contributed by atoms with Gasteiger partial charge in [0, 0.05) is 12.7 Å². The zero-order chi connectivity index (χ0) is 11.4. The molecule has 0 bridgehead atoms. The molecule has 1 amide bonds. The number of likely N-dealkylation sites (N-methyl/N-ethyl adjacent to an activating group) is 1. The molecule has 0 aromatic heterocycles. The first-order valence-corrected chi connectivity index (χ1v) is 4.74. The third-order valence-corrected chi connectivity index (χ3v) is 2.20. The summed E-state index contributed by atoms with van der Waals surface area (Å²) >= 11 is 0. The van der Waals surface area contributed by atoms with E-state index in [9.17, 15) is 4.79 Å². The largest absolute Gasteiger partial charge is 0.483 e. The number of hydrogen-bond donors (Lipinski definition) is 2. The van der Waals surface area contributed by atoms with Crippen LogP contribution < -0.4 is 15.8 Å². The summed E-state index contributed by atoms with van der Waals surface area (Å²) in [4.78, 5) is 11.0. The zero-order valence-electron chi connectivity index (χ0n) is 9.26. The number of anilines is 1. The highest BCUT2D eigenvalue weighted by molar-refractivity contribution is 5.77. The van der Waals surface area contributed by atoms with Crippen LogP contribution >= 0.6 is 0 Å². The lowest BCUT2D eigenvalue weighted by Gasteiger charge is -2.10. The van der Waals surface area contributed by atoms with Crippen molar-refractivity contribution in [2.24, 2.45) is 0 Å². The van der Waals surface area contributed by atoms with Crippen molar-refractivity contribution in [2.45, 2.75) is 13.8 Å². The van der Waals surface area contributed by atoms with E-state index in [0.717, 1.165) is 16.8 Å². The van der Waals surface area contributed by atoms with E-state index in [-0.39, 0.29) is 12.5 Å². The molecule has 4 heteroatoms. The van der Waals surface area contributed by atoms with Crippen molar-refractivity contribution < 1.29 is 9.53 Å². The lowest BCUT2D eigenvalue weighted by Crippen LogP contribution is -2.25. The van der Waals surface area contributed by atoms with Gasteiger partial charge in [-0.15, -0.1) is 0 Å². The summed E-state index contributed by atoms with van der Waals surface area (Å²) < 4.78 is 5.36. The van der Waals surface area contributed by atoms with Gasteiger partial charge in [0.25, 0.3) is 5.91 Å². The van der Waals surface area contributed by atoms with E-state index >= 15 is 0 Å². The minimum Gasteiger partial charge on any atom is -0.483 e. The summed E-state index contributed by atoms with van der Waals surface area (Å²) in [7, 11) is 1.58. The molecule has 3 N–H and O–H groups in total. The van der Waals surface area contributed by atoms with Crippen LogP contribution in [0.5, 0.6) is 5.75 Å². The number of carbonyl (C=O) groups excluding carboxylic acids is 1. The van der Waals surface area contributed by atoms with Crippen LogP contribution in [0.3, 0.4) is 0 Å². The van der Waals surface area contributed by atoms with Crippen molar-refractivity contribution in [3.8, 4) is 5.75 Å². The van der Waals surface area contributed by atoms with Crippen molar-refractivity contribution in [3.05, 3.63) is 23.3 Å². The van der Waals surface area contributed by atoms with Gasteiger partial charge in [0.1, 0.15) is 5.75 Å². The number of nitrogens with two attached hydrogens (primary N) is 1. The molecule has 15 heavy (non-hydrogen) atoms. The third-order valence-electron chi connectivity index (χ3n) is 2.20. The second-order valence-electron chi connectivity index (χ2n) is 3.44. The smallest absolute Gasteiger partial charge is 0.257 e. The van der Waals surface area contributed by atoms with Crippen molar-refractivity contribution in [3.63, 3.8) is 0 Å². The minimum absolute atomic E-state index is 0.0285. The highest BCUT2D eigenvalue weighted by Gasteiger charge is 2.05. The molecule has 0 atom stereocenters. The van der Waals surface area contributed by atoms with E-state index in [1.54, 1.807) is 7.05 Å². The van der Waals surface area contributed by atoms with Crippen molar-refractivity contribution in [1.82, 2.24) is 5.32 Å². The summed E-state index contributed by atoms with van der Waals surface area (Å²) in [5.41, 5.74) is 8.36. The Kier molecular flexibility index (Phi) is 3.55. The molecule has 82 valence electrons. The number of rotatable bonds is 3. The number of nitrogens with one attached hydrogen (secondary N) is 1. The summed E-state index contributed by atoms with van der Waals surface area (Å²) in [6, 6.07) is 3.68. The molecule has 0 heterocycles. The number of ether oxygens (including phenoxy) is 1. The maximum atomic E-state index is 11.0. The molecule has 1 aromatic rings. The van der Waals surface area contributed by atoms with Gasteiger partial charge in [-0.1, -0.05) is 0 Å². The van der Waals surface area contributed by atoms with E-state index in [1.165, 1.54) is 0 Å². The molecule has 0 radical (unpaired) electrons. The first kappa shape index (κ1) is 11.4. The molecule has 0 spiro atoms. The lowest BCUT2D eigenvalue weighted by molar-refractivity contribution is -0.122. The maximum absolute atomic E-state index is 11.0. The highest BCUT2D eigenvalue weighted by Crippen LogP contribution is 2.23. The fraction of sp³-hybridized carbons (Fsp3) is 0.364. The molecule has 0 aliphatic rings. The Morgan fingerprint density at radius 3 is 2.67 bits per heavy atom. The van der Waals surface area contributed by atoms with Gasteiger partial charge in [-0.3, -0.25) is 4.79 Å². The quantitative estimate of drug-likeness (QED) is 0.729. The zero-order valence-corrected chi connectivity index (χ0v) is 9.26. The summed E-state index contributed by atoms with van der Waals surface area (Å²) in [5, 5.41) is 2.49. The van der Waals surface area contributed by atoms with E-state index < -0.39 is 0 Å². The predicted octanol–water partition coefficient (Wildman–Crippen LogP) is 1.01. The Morgan fingerprint density at radius 1 is 1.40 bits per heavy atom. The van der Waals surface area contributed by atoms with Gasteiger partial charge in [0.05, 0.1) is 0 Å². The minimum atomic E-state index is -0.149. The fourth-order valence-electron chi connectivity index (χ4n) is 1.18. The first-order valence-electron chi connectivity index (χ1n) is 4.74. The average Bonchev–Trinajstić information content (AvgIpc) is 2.21. The van der Waals surface area contributed by atoms with Crippen molar-refractivity contribution in [2.75, 3.05) is 19.4 Å². The standard InChI is InChI=1S/C11H16N2O2/c1-7-5-10(8(2)4-9(7)12)15-6-11(14)13-3/h4-5H,6,12H2,1-3H3,(H,13,14). The van der Waals surface area contributed by atoms with Crippen LogP contribution in [0.4, 0.5) is 5.69 Å². The Hall–Kier alpha value is -1.71. The first-order chi connectivity index (χ1) is 7.04. The maximum Gasteiger partial charge on any atom is 0.257 e. The molecule has 0 saturated carbocycles. The van der Waals surface area contributed by atoms with Gasteiger partial charge in [-0.25, -0.2) is 0 Å². The summed E-state index contributed by atoms with van der Waals surface area (Å²) in [5.74, 6) is 0.550. The SMILES string of the molecule is CNC(=O)COc1cc(C)c(N)cc1C. The molecule has 1 rings (SSSR count). The summed E-state index contributed by atoms with van der Waals surface area (Å²) in [6.07, 6.45) is 0. The van der Waals surface area contributed by atoms with Crippen molar-refractivity contribution in [1.29, 1.82) is 0 Å². The summed E-state index contributed by atoms with van der Waals surface area (Å²) in [6.45, 7) is 3.83. The number of aryl methyl sites for hydroxylation is 2. The van der Waals surface area contributed by atoms with E-state index in [1.807, 2.05) is 26.0 Å². The van der Waals surface area contributed by atoms with Crippen LogP contribution in [0, 0.1) is 13.8 Å². The number of nitrogen functional groups attached to an aromatic ring is 1. The van der Waals surface area contributed by atoms with E-state index in [0.29, 0.717) is 5.75 Å². The second kappa shape index (κ2) is 4.68. The van der Waals surface area contributed by atoms with Gasteiger partial charge >= 0.3 is 0 Å². The fourth-order valence-corrected chi connectivity index (χ4v) is 1.18. The average molecular weight is 208 g/mol. The number of amides is 1. The van der Waals surface area contributed by atoms with Crippen LogP contribution in [0.15, 0.2) is 12.1 Å². The molecule has 0 fully saturated rings. The molecule has 0 unspecified atom stereocenters. The van der Waals surface area contributed by atoms with E-state index in [4.69, 9.17) is 10.5 Å². The Morgan fingerprint density at radius 2 is 2.07 bits per heavy atom. The molecule has 1 aromatic carbocycles. The van der Waals surface area contributed by atoms with Crippen LogP contribution in [0.1, 0.15) is 11.1 Å². The Labute approximate surface area is 89.4 Å². The molecule has 0 saturated heterocycles. The molecule has 4 nitrogen and oxygen atoms in total. The van der Waals surface area contributed by atoms with Crippen LogP contribution in [0.25, 0.3) is 0 Å². The molecule has 0 aliphatic carbocycles. The number of benzene rings is 1. The van der Waals surface area contributed by atoms with Crippen LogP contribution in [-0.4, -0.2) is 19.6 Å². The van der Waals surface area contributed by atoms with Crippen LogP contribution in [0.2, 0.25) is 0 Å². The van der Waals surface area contributed by atoms with Gasteiger partial charge in [0.15, 0.2) is 6.61 Å². The normalized spacial score (nSPS) is 9.80. The van der Waals surface area contributed by atoms with Gasteiger partial charge < -0.3 is 15.8 Å². The Balaban J connectivity index is 2.77. The van der Waals surface area contributed by atoms with Crippen LogP contribution in [-0.2, 0) is 4.79 Å². The topological polar surface area (TPSA) is 64.3 Å². The molecular weight excluding hydrogens is 192 g/mol. The van der Waals surface area contributed by atoms with Gasteiger partial charge in [-0.05, 0) is 37.1 Å². The van der Waals surface area contributed by atoms with Gasteiger partial charge in [0.2, 0.25) is 0 Å². The molecular formula is C11H16N2O2. The van der Waals surface area contributed by atoms with E-state index in [2.05, 4.69) is 5.32 Å². The Bertz CT molecular complexity index is 375. The lowest BCUT2D eigenvalue weighted by atomic mass is 10.1. The monoisotopic (exact) mass is 208 g/mol. The highest BCUT2D eigenvalue weighted by atomic mass is 16.5. The predicted molar refractivity (Wildman–Crippen MR) is 59.9 cm³/mol. The van der Waals surface area contributed by atoms with Crippen molar-refractivity contribution >= 4 is 11.6 Å². The van der Waals surface area contributed by atoms with Gasteiger partial charge in [-0.2, -0.15) is 0 Å². The second-order valence-corrected chi connectivity index (χ2v) is 3.44. The molecule has 0 aliphatic heterocycles. The number of hydrogen-bond acceptors (Lipinski definition) is 3.